The van der Waals surface area contributed by atoms with Gasteiger partial charge in [0.15, 0.2) is 0 Å². The Morgan fingerprint density at radius 1 is 1.32 bits per heavy atom. The van der Waals surface area contributed by atoms with Crippen LogP contribution in [0.3, 0.4) is 0 Å². The van der Waals surface area contributed by atoms with E-state index in [1.807, 2.05) is 29.1 Å². The summed E-state index contributed by atoms with van der Waals surface area (Å²) in [5.74, 6) is 0.972. The smallest absolute Gasteiger partial charge is 0.127 e. The first-order valence-electron chi connectivity index (χ1n) is 7.79. The van der Waals surface area contributed by atoms with Crippen molar-refractivity contribution in [2.24, 2.45) is 0 Å². The summed E-state index contributed by atoms with van der Waals surface area (Å²) >= 11 is 0. The molecule has 0 amide bonds. The molecule has 0 bridgehead atoms. The molecular weight excluding hydrogens is 274 g/mol. The molecule has 2 aromatic rings. The number of aryl methyl sites for hydroxylation is 1. The van der Waals surface area contributed by atoms with Crippen LogP contribution in [-0.2, 0) is 0 Å². The Labute approximate surface area is 131 Å². The van der Waals surface area contributed by atoms with E-state index in [-0.39, 0.29) is 0 Å². The molecule has 0 saturated carbocycles. The summed E-state index contributed by atoms with van der Waals surface area (Å²) in [5.41, 5.74) is 3.63. The molecule has 0 fully saturated rings. The molecule has 0 aliphatic carbocycles. The van der Waals surface area contributed by atoms with Crippen molar-refractivity contribution in [1.29, 1.82) is 0 Å². The minimum absolute atomic E-state index is 0.311. The first-order valence-corrected chi connectivity index (χ1v) is 7.79. The SMILES string of the molecule is Cc1cnn([C@@H](C)[C@@H](C)NCC2=Cc3ccccc3OC2)c1. The number of para-hydroxylation sites is 1. The third-order valence-corrected chi connectivity index (χ3v) is 4.21. The van der Waals surface area contributed by atoms with Crippen LogP contribution in [0.1, 0.15) is 31.0 Å². The van der Waals surface area contributed by atoms with Crippen molar-refractivity contribution in [3.8, 4) is 5.75 Å². The van der Waals surface area contributed by atoms with Crippen LogP contribution in [-0.4, -0.2) is 29.0 Å². The third kappa shape index (κ3) is 3.22. The number of rotatable bonds is 5. The molecule has 2 atom stereocenters. The van der Waals surface area contributed by atoms with Gasteiger partial charge in [-0.25, -0.2) is 0 Å². The van der Waals surface area contributed by atoms with Crippen LogP contribution < -0.4 is 10.1 Å². The molecule has 116 valence electrons. The van der Waals surface area contributed by atoms with E-state index in [1.54, 1.807) is 0 Å². The molecular formula is C18H23N3O. The van der Waals surface area contributed by atoms with E-state index >= 15 is 0 Å². The Balaban J connectivity index is 1.60. The normalized spacial score (nSPS) is 16.4. The van der Waals surface area contributed by atoms with Crippen LogP contribution in [0, 0.1) is 6.92 Å². The number of nitrogens with zero attached hydrogens (tertiary/aromatic N) is 2. The molecule has 0 radical (unpaired) electrons. The summed E-state index contributed by atoms with van der Waals surface area (Å²) in [5, 5.41) is 7.98. The third-order valence-electron chi connectivity index (χ3n) is 4.21. The maximum atomic E-state index is 5.79. The quantitative estimate of drug-likeness (QED) is 0.921. The van der Waals surface area contributed by atoms with Crippen LogP contribution in [0.5, 0.6) is 5.75 Å². The molecule has 1 aromatic carbocycles. The molecule has 1 aliphatic rings. The molecule has 3 rings (SSSR count). The van der Waals surface area contributed by atoms with Crippen molar-refractivity contribution in [2.45, 2.75) is 32.9 Å². The molecule has 1 N–H and O–H groups in total. The predicted octanol–water partition coefficient (Wildman–Crippen LogP) is 3.21. The topological polar surface area (TPSA) is 39.1 Å². The lowest BCUT2D eigenvalue weighted by Gasteiger charge is -2.24. The summed E-state index contributed by atoms with van der Waals surface area (Å²) in [4.78, 5) is 0. The van der Waals surface area contributed by atoms with Gasteiger partial charge in [-0.3, -0.25) is 4.68 Å². The summed E-state index contributed by atoms with van der Waals surface area (Å²) in [6.07, 6.45) is 6.21. The number of aromatic nitrogens is 2. The van der Waals surface area contributed by atoms with Gasteiger partial charge in [-0.1, -0.05) is 18.2 Å². The minimum atomic E-state index is 0.311. The highest BCUT2D eigenvalue weighted by molar-refractivity contribution is 5.62. The summed E-state index contributed by atoms with van der Waals surface area (Å²) in [6.45, 7) is 7.94. The largest absolute Gasteiger partial charge is 0.489 e. The highest BCUT2D eigenvalue weighted by Gasteiger charge is 2.16. The fourth-order valence-corrected chi connectivity index (χ4v) is 2.61. The van der Waals surface area contributed by atoms with Gasteiger partial charge in [0.05, 0.1) is 12.2 Å². The fraction of sp³-hybridized carbons (Fsp3) is 0.389. The van der Waals surface area contributed by atoms with E-state index < -0.39 is 0 Å². The Morgan fingerprint density at radius 3 is 2.91 bits per heavy atom. The van der Waals surface area contributed by atoms with Crippen LogP contribution in [0.4, 0.5) is 0 Å². The lowest BCUT2D eigenvalue weighted by Crippen LogP contribution is -2.36. The Bertz CT molecular complexity index is 674. The lowest BCUT2D eigenvalue weighted by atomic mass is 10.1. The summed E-state index contributed by atoms with van der Waals surface area (Å²) < 4.78 is 7.81. The highest BCUT2D eigenvalue weighted by Crippen LogP contribution is 2.25. The highest BCUT2D eigenvalue weighted by atomic mass is 16.5. The minimum Gasteiger partial charge on any atom is -0.489 e. The molecule has 0 saturated heterocycles. The van der Waals surface area contributed by atoms with Crippen molar-refractivity contribution in [2.75, 3.05) is 13.2 Å². The van der Waals surface area contributed by atoms with Crippen LogP contribution in [0.15, 0.2) is 42.2 Å². The summed E-state index contributed by atoms with van der Waals surface area (Å²) in [6, 6.07) is 8.79. The second-order valence-electron chi connectivity index (χ2n) is 6.04. The molecule has 1 aliphatic heterocycles. The van der Waals surface area contributed by atoms with Gasteiger partial charge in [-0.05, 0) is 44.1 Å². The van der Waals surface area contributed by atoms with Gasteiger partial charge < -0.3 is 10.1 Å². The number of benzene rings is 1. The first-order chi connectivity index (χ1) is 10.6. The lowest BCUT2D eigenvalue weighted by molar-refractivity contribution is 0.332. The number of ether oxygens (including phenoxy) is 1. The van der Waals surface area contributed by atoms with Crippen molar-refractivity contribution in [3.63, 3.8) is 0 Å². The van der Waals surface area contributed by atoms with Crippen molar-refractivity contribution in [1.82, 2.24) is 15.1 Å². The van der Waals surface area contributed by atoms with Gasteiger partial charge in [0.1, 0.15) is 12.4 Å². The zero-order valence-corrected chi connectivity index (χ0v) is 13.4. The van der Waals surface area contributed by atoms with Gasteiger partial charge in [-0.2, -0.15) is 5.10 Å². The average Bonchev–Trinajstić information content (AvgIpc) is 2.98. The Hall–Kier alpha value is -2.07. The first kappa shape index (κ1) is 14.9. The number of hydrogen-bond donors (Lipinski definition) is 1. The van der Waals surface area contributed by atoms with E-state index in [2.05, 4.69) is 49.5 Å². The van der Waals surface area contributed by atoms with Gasteiger partial charge in [0.2, 0.25) is 0 Å². The fourth-order valence-electron chi connectivity index (χ4n) is 2.61. The number of fused-ring (bicyclic) bond motifs is 1. The van der Waals surface area contributed by atoms with Crippen LogP contribution in [0.25, 0.3) is 6.08 Å². The monoisotopic (exact) mass is 297 g/mol. The zero-order valence-electron chi connectivity index (χ0n) is 13.4. The van der Waals surface area contributed by atoms with Gasteiger partial charge >= 0.3 is 0 Å². The molecule has 4 heteroatoms. The second-order valence-corrected chi connectivity index (χ2v) is 6.04. The van der Waals surface area contributed by atoms with Gasteiger partial charge in [0.25, 0.3) is 0 Å². The molecule has 0 spiro atoms. The maximum Gasteiger partial charge on any atom is 0.127 e. The van der Waals surface area contributed by atoms with E-state index in [4.69, 9.17) is 4.74 Å². The standard InChI is InChI=1S/C18H23N3O/c1-13-9-20-21(11-13)15(3)14(2)19-10-16-8-17-6-4-5-7-18(17)22-12-16/h4-9,11,14-15,19H,10,12H2,1-3H3/t14-,15+/m1/s1. The number of hydrogen-bond acceptors (Lipinski definition) is 3. The average molecular weight is 297 g/mol. The van der Waals surface area contributed by atoms with Crippen molar-refractivity contribution >= 4 is 6.08 Å². The summed E-state index contributed by atoms with van der Waals surface area (Å²) in [7, 11) is 0. The Kier molecular flexibility index (Phi) is 4.29. The predicted molar refractivity (Wildman–Crippen MR) is 89.1 cm³/mol. The van der Waals surface area contributed by atoms with Crippen molar-refractivity contribution < 1.29 is 4.74 Å². The van der Waals surface area contributed by atoms with Crippen molar-refractivity contribution in [3.05, 3.63) is 53.4 Å². The second kappa shape index (κ2) is 6.36. The van der Waals surface area contributed by atoms with Gasteiger partial charge in [-0.15, -0.1) is 0 Å². The molecule has 1 aromatic heterocycles. The van der Waals surface area contributed by atoms with Crippen LogP contribution >= 0.6 is 0 Å². The molecule has 4 nitrogen and oxygen atoms in total. The zero-order chi connectivity index (χ0) is 15.5. The van der Waals surface area contributed by atoms with E-state index in [1.165, 1.54) is 11.1 Å². The van der Waals surface area contributed by atoms with E-state index in [0.717, 1.165) is 17.9 Å². The molecule has 22 heavy (non-hydrogen) atoms. The Morgan fingerprint density at radius 2 is 2.14 bits per heavy atom. The van der Waals surface area contributed by atoms with Crippen LogP contribution in [0.2, 0.25) is 0 Å². The van der Waals surface area contributed by atoms with Gasteiger partial charge in [0, 0.05) is 24.3 Å². The molecule has 0 unspecified atom stereocenters. The molecule has 2 heterocycles. The van der Waals surface area contributed by atoms with E-state index in [0.29, 0.717) is 18.7 Å². The maximum absolute atomic E-state index is 5.79. The number of nitrogens with one attached hydrogen (secondary N) is 1. The van der Waals surface area contributed by atoms with E-state index in [9.17, 15) is 0 Å².